The Morgan fingerprint density at radius 2 is 1.15 bits per heavy atom. The summed E-state index contributed by atoms with van der Waals surface area (Å²) in [6, 6.07) is 27.1. The number of aromatic nitrogens is 2. The lowest BCUT2D eigenvalue weighted by atomic mass is 9.62. The SMILES string of the molecule is COc1ccc(C2=C[C@]3(C)C(=c4nc(-c5ccccc5)[nH]c4=C4SC(c5ccc(OC)cc5)=C[C@]43C)S2)cc1. The highest BCUT2D eigenvalue weighted by atomic mass is 32.2. The van der Waals surface area contributed by atoms with E-state index in [1.807, 2.05) is 53.9 Å². The largest absolute Gasteiger partial charge is 0.497 e. The average Bonchev–Trinajstić information content (AvgIpc) is 3.68. The summed E-state index contributed by atoms with van der Waals surface area (Å²) in [5, 5.41) is 2.19. The third-order valence-corrected chi connectivity index (χ3v) is 11.0. The molecular formula is C33H28N2O2S2. The molecule has 3 aromatic carbocycles. The molecule has 194 valence electrons. The number of hydrogen-bond acceptors (Lipinski definition) is 5. The molecule has 1 aromatic heterocycles. The minimum atomic E-state index is -0.250. The summed E-state index contributed by atoms with van der Waals surface area (Å²) in [5.74, 6) is 2.63. The van der Waals surface area contributed by atoms with Crippen LogP contribution in [-0.2, 0) is 0 Å². The number of H-pyrrole nitrogens is 1. The van der Waals surface area contributed by atoms with Crippen LogP contribution >= 0.6 is 23.5 Å². The number of allylic oxidation sites excluding steroid dienone is 2. The summed E-state index contributed by atoms with van der Waals surface area (Å²) in [4.78, 5) is 14.1. The van der Waals surface area contributed by atoms with E-state index in [2.05, 4.69) is 79.5 Å². The molecule has 7 rings (SSSR count). The highest BCUT2D eigenvalue weighted by Gasteiger charge is 2.56. The van der Waals surface area contributed by atoms with E-state index in [9.17, 15) is 0 Å². The maximum Gasteiger partial charge on any atom is 0.138 e. The van der Waals surface area contributed by atoms with Gasteiger partial charge in [-0.25, -0.2) is 4.98 Å². The van der Waals surface area contributed by atoms with Crippen molar-refractivity contribution >= 4 is 43.1 Å². The van der Waals surface area contributed by atoms with Crippen LogP contribution in [0.3, 0.4) is 0 Å². The molecule has 6 heteroatoms. The molecule has 39 heavy (non-hydrogen) atoms. The smallest absolute Gasteiger partial charge is 0.138 e. The van der Waals surface area contributed by atoms with Crippen molar-refractivity contribution in [3.8, 4) is 22.9 Å². The number of fused-ring (bicyclic) bond motifs is 4. The highest BCUT2D eigenvalue weighted by Crippen LogP contribution is 2.69. The first-order valence-corrected chi connectivity index (χ1v) is 14.6. The fourth-order valence-electron chi connectivity index (χ4n) is 5.75. The number of nitrogens with one attached hydrogen (secondary N) is 1. The Labute approximate surface area is 236 Å². The van der Waals surface area contributed by atoms with Crippen molar-refractivity contribution in [1.29, 1.82) is 0 Å². The lowest BCUT2D eigenvalue weighted by Crippen LogP contribution is -2.46. The molecular weight excluding hydrogens is 521 g/mol. The Kier molecular flexibility index (Phi) is 5.62. The predicted octanol–water partition coefficient (Wildman–Crippen LogP) is 6.91. The van der Waals surface area contributed by atoms with Gasteiger partial charge in [0.05, 0.1) is 19.6 Å². The van der Waals surface area contributed by atoms with Gasteiger partial charge in [0, 0.05) is 36.0 Å². The zero-order valence-corrected chi connectivity index (χ0v) is 23.9. The summed E-state index contributed by atoms with van der Waals surface area (Å²) in [7, 11) is 3.41. The molecule has 0 fully saturated rings. The zero-order valence-electron chi connectivity index (χ0n) is 22.2. The molecule has 0 spiro atoms. The number of ether oxygens (including phenoxy) is 2. The van der Waals surface area contributed by atoms with Crippen molar-refractivity contribution in [1.82, 2.24) is 9.97 Å². The first-order chi connectivity index (χ1) is 18.9. The van der Waals surface area contributed by atoms with E-state index in [4.69, 9.17) is 14.5 Å². The van der Waals surface area contributed by atoms with Gasteiger partial charge in [-0.05, 0) is 35.4 Å². The highest BCUT2D eigenvalue weighted by molar-refractivity contribution is 8.17. The van der Waals surface area contributed by atoms with Crippen LogP contribution in [0.5, 0.6) is 11.5 Å². The molecule has 3 aliphatic rings. The summed E-state index contributed by atoms with van der Waals surface area (Å²) in [6.07, 6.45) is 4.93. The molecule has 1 aliphatic carbocycles. The molecule has 4 nitrogen and oxygen atoms in total. The third-order valence-electron chi connectivity index (χ3n) is 8.23. The van der Waals surface area contributed by atoms with E-state index in [1.165, 1.54) is 30.7 Å². The number of thioether (sulfide) groups is 2. The van der Waals surface area contributed by atoms with Gasteiger partial charge in [-0.15, -0.1) is 0 Å². The number of methoxy groups -OCH3 is 2. The molecule has 0 amide bonds. The van der Waals surface area contributed by atoms with E-state index in [-0.39, 0.29) is 10.8 Å². The Morgan fingerprint density at radius 1 is 0.641 bits per heavy atom. The van der Waals surface area contributed by atoms with Crippen molar-refractivity contribution in [3.05, 3.63) is 113 Å². The standard InChI is InChI=1S/C33H28N2O2S2/c1-32-18-25(20-10-14-23(36-3)15-11-20)38-29(32)27-28(35-31(34-27)22-8-6-5-7-9-22)30-33(32,2)19-26(39-30)21-12-16-24(37-4)17-13-21/h5-19H,1-4H3,(H,34,35)/t32-,33-/m1/s1. The van der Waals surface area contributed by atoms with Crippen LogP contribution in [0.15, 0.2) is 91.0 Å². The second-order valence-corrected chi connectivity index (χ2v) is 12.5. The Morgan fingerprint density at radius 3 is 1.69 bits per heavy atom. The molecule has 1 N–H and O–H groups in total. The third kappa shape index (κ3) is 3.65. The van der Waals surface area contributed by atoms with Crippen molar-refractivity contribution < 1.29 is 9.47 Å². The first kappa shape index (κ1) is 24.4. The number of imidazole rings is 1. The number of benzene rings is 3. The second-order valence-electron chi connectivity index (χ2n) is 10.4. The average molecular weight is 549 g/mol. The quantitative estimate of drug-likeness (QED) is 0.294. The van der Waals surface area contributed by atoms with Gasteiger partial charge in [0.1, 0.15) is 22.7 Å². The number of nitrogens with zero attached hydrogens (tertiary/aromatic N) is 1. The van der Waals surface area contributed by atoms with Crippen LogP contribution in [0.4, 0.5) is 0 Å². The van der Waals surface area contributed by atoms with Crippen LogP contribution in [0.25, 0.3) is 31.0 Å². The van der Waals surface area contributed by atoms with Crippen molar-refractivity contribution in [2.24, 2.45) is 10.8 Å². The van der Waals surface area contributed by atoms with Gasteiger partial charge in [0.25, 0.3) is 0 Å². The van der Waals surface area contributed by atoms with Gasteiger partial charge >= 0.3 is 0 Å². The predicted molar refractivity (Wildman–Crippen MR) is 163 cm³/mol. The van der Waals surface area contributed by atoms with E-state index in [0.29, 0.717) is 0 Å². The van der Waals surface area contributed by atoms with Gasteiger partial charge in [-0.3, -0.25) is 0 Å². The Hall–Kier alpha value is -3.61. The van der Waals surface area contributed by atoms with Crippen LogP contribution in [-0.4, -0.2) is 24.2 Å². The van der Waals surface area contributed by atoms with E-state index in [1.54, 1.807) is 14.2 Å². The lowest BCUT2D eigenvalue weighted by molar-refractivity contribution is 0.356. The topological polar surface area (TPSA) is 47.1 Å². The molecule has 0 radical (unpaired) electrons. The van der Waals surface area contributed by atoms with Gasteiger partial charge < -0.3 is 14.5 Å². The van der Waals surface area contributed by atoms with E-state index < -0.39 is 0 Å². The summed E-state index contributed by atoms with van der Waals surface area (Å²) < 4.78 is 10.8. The van der Waals surface area contributed by atoms with E-state index in [0.717, 1.165) is 33.6 Å². The molecule has 4 aromatic rings. The van der Waals surface area contributed by atoms with E-state index >= 15 is 0 Å². The monoisotopic (exact) mass is 548 g/mol. The first-order valence-electron chi connectivity index (χ1n) is 12.9. The number of aromatic amines is 1. The minimum absolute atomic E-state index is 0.239. The van der Waals surface area contributed by atoms with Crippen molar-refractivity contribution in [3.63, 3.8) is 0 Å². The molecule has 3 heterocycles. The normalized spacial score (nSPS) is 23.1. The van der Waals surface area contributed by atoms with Crippen molar-refractivity contribution in [2.45, 2.75) is 13.8 Å². The second kappa shape index (κ2) is 8.97. The van der Waals surface area contributed by atoms with Crippen LogP contribution < -0.4 is 20.2 Å². The maximum atomic E-state index is 5.41. The van der Waals surface area contributed by atoms with Gasteiger partial charge in [-0.1, -0.05) is 104 Å². The number of hydrogen-bond donors (Lipinski definition) is 1. The zero-order chi connectivity index (χ0) is 26.8. The fourth-order valence-corrected chi connectivity index (χ4v) is 8.75. The van der Waals surface area contributed by atoms with Crippen LogP contribution in [0.1, 0.15) is 25.0 Å². The molecule has 0 saturated heterocycles. The van der Waals surface area contributed by atoms with Gasteiger partial charge in [-0.2, -0.15) is 0 Å². The van der Waals surface area contributed by atoms with Crippen LogP contribution in [0, 0.1) is 10.8 Å². The molecule has 0 saturated carbocycles. The molecule has 2 aliphatic heterocycles. The Bertz CT molecular complexity index is 1670. The van der Waals surface area contributed by atoms with Crippen molar-refractivity contribution in [2.75, 3.05) is 14.2 Å². The van der Waals surface area contributed by atoms with Crippen LogP contribution in [0.2, 0.25) is 0 Å². The molecule has 2 atom stereocenters. The van der Waals surface area contributed by atoms with Gasteiger partial charge in [0.2, 0.25) is 0 Å². The summed E-state index contributed by atoms with van der Waals surface area (Å²) >= 11 is 3.70. The summed E-state index contributed by atoms with van der Waals surface area (Å²) in [5.41, 5.74) is 2.99. The number of rotatable bonds is 5. The fraction of sp³-hybridized carbons (Fsp3) is 0.182. The maximum absolute atomic E-state index is 5.41. The van der Waals surface area contributed by atoms with Gasteiger partial charge in [0.15, 0.2) is 0 Å². The minimum Gasteiger partial charge on any atom is -0.497 e. The summed E-state index contributed by atoms with van der Waals surface area (Å²) in [6.45, 7) is 4.76. The molecule has 0 bridgehead atoms. The molecule has 0 unspecified atom stereocenters. The lowest BCUT2D eigenvalue weighted by Gasteiger charge is -2.42. The Balaban J connectivity index is 1.44.